The quantitative estimate of drug-likeness (QED) is 0.843. The Kier molecular flexibility index (Phi) is 2.31. The highest BCUT2D eigenvalue weighted by Crippen LogP contribution is 2.58. The van der Waals surface area contributed by atoms with E-state index in [1.165, 1.54) is 19.3 Å². The first-order valence-electron chi connectivity index (χ1n) is 6.81. The van der Waals surface area contributed by atoms with E-state index >= 15 is 0 Å². The van der Waals surface area contributed by atoms with Crippen molar-refractivity contribution < 1.29 is 9.59 Å². The fraction of sp³-hybridized carbons (Fsp3) is 0.467. The van der Waals surface area contributed by atoms with Crippen LogP contribution in [0.15, 0.2) is 12.1 Å². The number of amides is 1. The van der Waals surface area contributed by atoms with Gasteiger partial charge in [-0.3, -0.25) is 9.59 Å². The first-order chi connectivity index (χ1) is 9.15. The molecule has 1 aromatic carbocycles. The topological polar surface area (TPSA) is 46.2 Å². The molecule has 2 fully saturated rings. The van der Waals surface area contributed by atoms with Gasteiger partial charge in [0.2, 0.25) is 5.91 Å². The van der Waals surface area contributed by atoms with Gasteiger partial charge >= 0.3 is 0 Å². The molecule has 0 spiro atoms. The van der Waals surface area contributed by atoms with Gasteiger partial charge in [-0.2, -0.15) is 0 Å². The second-order valence-corrected chi connectivity index (χ2v) is 6.27. The van der Waals surface area contributed by atoms with Gasteiger partial charge in [-0.15, -0.1) is 0 Å². The third-order valence-corrected chi connectivity index (χ3v) is 5.11. The summed E-state index contributed by atoms with van der Waals surface area (Å²) in [6.45, 7) is 0. The van der Waals surface area contributed by atoms with Gasteiger partial charge in [-0.25, -0.2) is 0 Å². The van der Waals surface area contributed by atoms with Crippen molar-refractivity contribution in [2.24, 2.45) is 17.8 Å². The third kappa shape index (κ3) is 1.64. The lowest BCUT2D eigenvalue weighted by atomic mass is 9.98. The Morgan fingerprint density at radius 2 is 2.00 bits per heavy atom. The van der Waals surface area contributed by atoms with E-state index < -0.39 is 0 Å². The predicted octanol–water partition coefficient (Wildman–Crippen LogP) is 3.06. The fourth-order valence-electron chi connectivity index (χ4n) is 3.83. The Morgan fingerprint density at radius 3 is 2.74 bits per heavy atom. The van der Waals surface area contributed by atoms with Crippen LogP contribution in [0, 0.1) is 17.8 Å². The van der Waals surface area contributed by atoms with Crippen molar-refractivity contribution in [2.45, 2.75) is 25.7 Å². The molecule has 2 unspecified atom stereocenters. The lowest BCUT2D eigenvalue weighted by molar-refractivity contribution is -0.115. The fourth-order valence-corrected chi connectivity index (χ4v) is 4.08. The van der Waals surface area contributed by atoms with Gasteiger partial charge in [0.25, 0.3) is 0 Å². The Bertz CT molecular complexity index is 600. The Hall–Kier alpha value is -1.35. The number of carbonyl (C=O) groups is 2. The summed E-state index contributed by atoms with van der Waals surface area (Å²) >= 11 is 6.21. The number of halogens is 1. The average Bonchev–Trinajstić information content (AvgIpc) is 2.72. The zero-order valence-electron chi connectivity index (χ0n) is 10.4. The van der Waals surface area contributed by atoms with Gasteiger partial charge in [-0.1, -0.05) is 18.0 Å². The van der Waals surface area contributed by atoms with Crippen molar-refractivity contribution in [1.29, 1.82) is 0 Å². The number of carbonyl (C=O) groups excluding carboxylic acids is 2. The van der Waals surface area contributed by atoms with Crippen LogP contribution in [0.4, 0.5) is 5.69 Å². The van der Waals surface area contributed by atoms with Crippen LogP contribution >= 0.6 is 11.6 Å². The molecule has 0 aromatic heterocycles. The van der Waals surface area contributed by atoms with Crippen LogP contribution in [0.3, 0.4) is 0 Å². The Labute approximate surface area is 116 Å². The molecule has 19 heavy (non-hydrogen) atoms. The van der Waals surface area contributed by atoms with Crippen LogP contribution in [0.25, 0.3) is 0 Å². The molecule has 1 heterocycles. The number of hydrogen-bond donors (Lipinski definition) is 1. The van der Waals surface area contributed by atoms with Gasteiger partial charge in [0.15, 0.2) is 5.78 Å². The van der Waals surface area contributed by atoms with Crippen LogP contribution in [0.2, 0.25) is 5.02 Å². The molecule has 4 heteroatoms. The minimum Gasteiger partial charge on any atom is -0.325 e. The van der Waals surface area contributed by atoms with Gasteiger partial charge in [0, 0.05) is 17.2 Å². The maximum atomic E-state index is 12.5. The molecule has 2 atom stereocenters. The number of fused-ring (bicyclic) bond motifs is 2. The molecule has 0 saturated heterocycles. The van der Waals surface area contributed by atoms with Crippen LogP contribution in [0.5, 0.6) is 0 Å². The molecule has 0 bridgehead atoms. The number of ketones is 1. The van der Waals surface area contributed by atoms with Crippen molar-refractivity contribution in [3.05, 3.63) is 28.3 Å². The molecule has 2 saturated carbocycles. The van der Waals surface area contributed by atoms with E-state index in [0.29, 0.717) is 28.8 Å². The maximum absolute atomic E-state index is 12.5. The summed E-state index contributed by atoms with van der Waals surface area (Å²) < 4.78 is 0. The van der Waals surface area contributed by atoms with Gasteiger partial charge in [0.05, 0.1) is 11.4 Å². The molecule has 2 aliphatic carbocycles. The molecule has 3 aliphatic rings. The number of rotatable bonds is 2. The summed E-state index contributed by atoms with van der Waals surface area (Å²) in [4.78, 5) is 23.9. The molecule has 1 aromatic rings. The van der Waals surface area contributed by atoms with Crippen LogP contribution in [-0.2, 0) is 11.2 Å². The number of benzene rings is 1. The van der Waals surface area contributed by atoms with Crippen molar-refractivity contribution in [2.75, 3.05) is 5.32 Å². The summed E-state index contributed by atoms with van der Waals surface area (Å²) in [6, 6.07) is 3.53. The van der Waals surface area contributed by atoms with E-state index in [0.717, 1.165) is 11.3 Å². The van der Waals surface area contributed by atoms with Crippen LogP contribution in [-0.4, -0.2) is 11.7 Å². The lowest BCUT2D eigenvalue weighted by Gasteiger charge is -2.08. The zero-order valence-corrected chi connectivity index (χ0v) is 11.2. The summed E-state index contributed by atoms with van der Waals surface area (Å²) in [6.07, 6.45) is 3.98. The standard InChI is InChI=1S/C15H14ClNO2/c16-11-6-12-7(5-13(18)17-12)4-10(11)15(19)14-8-2-1-3-9(8)14/h4,6,8-9,14H,1-3,5H2,(H,17,18). The molecular formula is C15H14ClNO2. The summed E-state index contributed by atoms with van der Waals surface area (Å²) in [5, 5.41) is 3.22. The Morgan fingerprint density at radius 1 is 1.26 bits per heavy atom. The summed E-state index contributed by atoms with van der Waals surface area (Å²) in [7, 11) is 0. The third-order valence-electron chi connectivity index (χ3n) is 4.79. The Balaban J connectivity index is 1.67. The molecule has 98 valence electrons. The van der Waals surface area contributed by atoms with E-state index in [4.69, 9.17) is 11.6 Å². The highest BCUT2D eigenvalue weighted by Gasteiger charge is 2.56. The lowest BCUT2D eigenvalue weighted by Crippen LogP contribution is -2.07. The van der Waals surface area contributed by atoms with Crippen molar-refractivity contribution >= 4 is 29.0 Å². The number of nitrogens with one attached hydrogen (secondary N) is 1. The molecule has 4 rings (SSSR count). The highest BCUT2D eigenvalue weighted by atomic mass is 35.5. The van der Waals surface area contributed by atoms with Crippen molar-refractivity contribution in [3.8, 4) is 0 Å². The molecule has 1 N–H and O–H groups in total. The highest BCUT2D eigenvalue weighted by molar-refractivity contribution is 6.34. The van der Waals surface area contributed by atoms with Crippen molar-refractivity contribution in [1.82, 2.24) is 0 Å². The largest absolute Gasteiger partial charge is 0.325 e. The molecule has 0 radical (unpaired) electrons. The van der Waals surface area contributed by atoms with Crippen LogP contribution in [0.1, 0.15) is 35.2 Å². The monoisotopic (exact) mass is 275 g/mol. The minimum atomic E-state index is -0.0287. The van der Waals surface area contributed by atoms with E-state index in [1.807, 2.05) is 6.07 Å². The summed E-state index contributed by atoms with van der Waals surface area (Å²) in [5.74, 6) is 1.53. The number of Topliss-reactive ketones (excluding diaryl/α,β-unsaturated/α-hetero) is 1. The maximum Gasteiger partial charge on any atom is 0.228 e. The van der Waals surface area contributed by atoms with Gasteiger partial charge < -0.3 is 5.32 Å². The number of anilines is 1. The van der Waals surface area contributed by atoms with E-state index in [9.17, 15) is 9.59 Å². The SMILES string of the molecule is O=C1Cc2cc(C(=O)C3C4CCCC43)c(Cl)cc2N1. The number of hydrogen-bond acceptors (Lipinski definition) is 2. The predicted molar refractivity (Wildman–Crippen MR) is 72.4 cm³/mol. The van der Waals surface area contributed by atoms with Gasteiger partial charge in [-0.05, 0) is 42.4 Å². The average molecular weight is 276 g/mol. The first kappa shape index (κ1) is 11.5. The van der Waals surface area contributed by atoms with E-state index in [1.54, 1.807) is 6.07 Å². The smallest absolute Gasteiger partial charge is 0.228 e. The summed E-state index contributed by atoms with van der Waals surface area (Å²) in [5.41, 5.74) is 2.25. The van der Waals surface area contributed by atoms with Crippen LogP contribution < -0.4 is 5.32 Å². The van der Waals surface area contributed by atoms with Crippen molar-refractivity contribution in [3.63, 3.8) is 0 Å². The minimum absolute atomic E-state index is 0.0287. The molecule has 3 nitrogen and oxygen atoms in total. The second kappa shape index (κ2) is 3.83. The molecule has 1 aliphatic heterocycles. The second-order valence-electron chi connectivity index (χ2n) is 5.86. The molecular weight excluding hydrogens is 262 g/mol. The van der Waals surface area contributed by atoms with E-state index in [-0.39, 0.29) is 17.6 Å². The normalized spacial score (nSPS) is 30.8. The zero-order chi connectivity index (χ0) is 13.1. The first-order valence-corrected chi connectivity index (χ1v) is 7.19. The molecule has 1 amide bonds. The van der Waals surface area contributed by atoms with E-state index in [2.05, 4.69) is 5.32 Å². The van der Waals surface area contributed by atoms with Gasteiger partial charge in [0.1, 0.15) is 0 Å².